The molecule has 0 aliphatic carbocycles. The standard InChI is InChI=1S/C16H17N3O/c1-11-6-7-19(10-16(11)20)15-8-12(9-17)18-14-5-3-2-4-13(14)15/h2-5,8,11,16,20H,6-7,10H2,1H3. The zero-order chi connectivity index (χ0) is 14.1. The van der Waals surface area contributed by atoms with E-state index in [0.717, 1.165) is 29.6 Å². The SMILES string of the molecule is CC1CCN(c2cc(C#N)nc3ccccc23)CC1O. The van der Waals surface area contributed by atoms with Crippen molar-refractivity contribution in [2.24, 2.45) is 5.92 Å². The van der Waals surface area contributed by atoms with E-state index >= 15 is 0 Å². The van der Waals surface area contributed by atoms with Crippen molar-refractivity contribution < 1.29 is 5.11 Å². The molecule has 0 radical (unpaired) electrons. The van der Waals surface area contributed by atoms with Gasteiger partial charge in [-0.1, -0.05) is 25.1 Å². The Balaban J connectivity index is 2.08. The van der Waals surface area contributed by atoms with Crippen LogP contribution in [0.15, 0.2) is 30.3 Å². The van der Waals surface area contributed by atoms with Crippen molar-refractivity contribution in [3.63, 3.8) is 0 Å². The molecule has 2 heterocycles. The van der Waals surface area contributed by atoms with Crippen LogP contribution in [0.5, 0.6) is 0 Å². The molecule has 102 valence electrons. The van der Waals surface area contributed by atoms with E-state index in [2.05, 4.69) is 22.9 Å². The number of aromatic nitrogens is 1. The van der Waals surface area contributed by atoms with Gasteiger partial charge < -0.3 is 10.0 Å². The number of pyridine rings is 1. The normalized spacial score (nSPS) is 22.8. The molecule has 1 aromatic carbocycles. The van der Waals surface area contributed by atoms with Gasteiger partial charge in [0.25, 0.3) is 0 Å². The zero-order valence-corrected chi connectivity index (χ0v) is 11.5. The molecule has 0 amide bonds. The monoisotopic (exact) mass is 267 g/mol. The number of aliphatic hydroxyl groups is 1. The van der Waals surface area contributed by atoms with Crippen LogP contribution in [0.3, 0.4) is 0 Å². The van der Waals surface area contributed by atoms with Gasteiger partial charge in [-0.25, -0.2) is 4.98 Å². The predicted octanol–water partition coefficient (Wildman–Crippen LogP) is 2.31. The highest BCUT2D eigenvalue weighted by molar-refractivity contribution is 5.92. The second-order valence-electron chi connectivity index (χ2n) is 5.43. The Morgan fingerprint density at radius 1 is 1.40 bits per heavy atom. The van der Waals surface area contributed by atoms with Gasteiger partial charge in [0.15, 0.2) is 0 Å². The van der Waals surface area contributed by atoms with Crippen LogP contribution in [0.25, 0.3) is 10.9 Å². The van der Waals surface area contributed by atoms with E-state index in [1.54, 1.807) is 0 Å². The van der Waals surface area contributed by atoms with Crippen LogP contribution in [-0.4, -0.2) is 29.3 Å². The van der Waals surface area contributed by atoms with Crippen LogP contribution in [-0.2, 0) is 0 Å². The van der Waals surface area contributed by atoms with E-state index in [9.17, 15) is 5.11 Å². The van der Waals surface area contributed by atoms with Gasteiger partial charge in [-0.2, -0.15) is 5.26 Å². The molecule has 0 spiro atoms. The molecule has 1 aliphatic heterocycles. The Hall–Kier alpha value is -2.12. The molecule has 4 heteroatoms. The second-order valence-corrected chi connectivity index (χ2v) is 5.43. The van der Waals surface area contributed by atoms with Gasteiger partial charge in [0.05, 0.1) is 11.6 Å². The molecular formula is C16H17N3O. The lowest BCUT2D eigenvalue weighted by Gasteiger charge is -2.36. The average Bonchev–Trinajstić information content (AvgIpc) is 2.49. The maximum Gasteiger partial charge on any atom is 0.143 e. The van der Waals surface area contributed by atoms with Crippen molar-refractivity contribution in [2.75, 3.05) is 18.0 Å². The van der Waals surface area contributed by atoms with Gasteiger partial charge >= 0.3 is 0 Å². The Morgan fingerprint density at radius 2 is 2.20 bits per heavy atom. The molecular weight excluding hydrogens is 250 g/mol. The molecule has 20 heavy (non-hydrogen) atoms. The number of piperidine rings is 1. The Bertz CT molecular complexity index is 677. The third-order valence-corrected chi connectivity index (χ3v) is 4.07. The number of hydrogen-bond donors (Lipinski definition) is 1. The highest BCUT2D eigenvalue weighted by Crippen LogP contribution is 2.30. The van der Waals surface area contributed by atoms with Crippen molar-refractivity contribution in [1.29, 1.82) is 5.26 Å². The molecule has 1 aromatic heterocycles. The average molecular weight is 267 g/mol. The van der Waals surface area contributed by atoms with E-state index in [-0.39, 0.29) is 6.10 Å². The minimum absolute atomic E-state index is 0.318. The molecule has 1 aliphatic rings. The molecule has 2 atom stereocenters. The minimum Gasteiger partial charge on any atom is -0.391 e. The number of benzene rings is 1. The Kier molecular flexibility index (Phi) is 3.29. The van der Waals surface area contributed by atoms with Crippen LogP contribution >= 0.6 is 0 Å². The van der Waals surface area contributed by atoms with E-state index < -0.39 is 0 Å². The first-order valence-corrected chi connectivity index (χ1v) is 6.92. The van der Waals surface area contributed by atoms with Crippen LogP contribution in [0, 0.1) is 17.2 Å². The number of anilines is 1. The summed E-state index contributed by atoms with van der Waals surface area (Å²) in [6, 6.07) is 11.8. The second kappa shape index (κ2) is 5.10. The highest BCUT2D eigenvalue weighted by atomic mass is 16.3. The lowest BCUT2D eigenvalue weighted by Crippen LogP contribution is -2.43. The minimum atomic E-state index is -0.318. The molecule has 4 nitrogen and oxygen atoms in total. The van der Waals surface area contributed by atoms with Crippen molar-refractivity contribution in [1.82, 2.24) is 4.98 Å². The molecule has 2 aromatic rings. The van der Waals surface area contributed by atoms with E-state index in [4.69, 9.17) is 5.26 Å². The lowest BCUT2D eigenvalue weighted by molar-refractivity contribution is 0.103. The van der Waals surface area contributed by atoms with E-state index in [0.29, 0.717) is 18.2 Å². The van der Waals surface area contributed by atoms with E-state index in [1.165, 1.54) is 0 Å². The fourth-order valence-corrected chi connectivity index (χ4v) is 2.74. The van der Waals surface area contributed by atoms with Crippen LogP contribution in [0.4, 0.5) is 5.69 Å². The molecule has 2 unspecified atom stereocenters. The van der Waals surface area contributed by atoms with Gasteiger partial charge in [-0.3, -0.25) is 0 Å². The summed E-state index contributed by atoms with van der Waals surface area (Å²) in [5, 5.41) is 20.3. The summed E-state index contributed by atoms with van der Waals surface area (Å²) < 4.78 is 0. The quantitative estimate of drug-likeness (QED) is 0.861. The first-order chi connectivity index (χ1) is 9.69. The van der Waals surface area contributed by atoms with Crippen LogP contribution in [0.1, 0.15) is 19.0 Å². The summed E-state index contributed by atoms with van der Waals surface area (Å²) in [5.41, 5.74) is 2.25. The zero-order valence-electron chi connectivity index (χ0n) is 11.5. The Labute approximate surface area is 118 Å². The number of rotatable bonds is 1. The van der Waals surface area contributed by atoms with Gasteiger partial charge in [0.2, 0.25) is 0 Å². The van der Waals surface area contributed by atoms with Crippen molar-refractivity contribution >= 4 is 16.6 Å². The molecule has 0 bridgehead atoms. The van der Waals surface area contributed by atoms with Gasteiger partial charge in [0.1, 0.15) is 11.8 Å². The number of para-hydroxylation sites is 1. The van der Waals surface area contributed by atoms with Crippen molar-refractivity contribution in [2.45, 2.75) is 19.4 Å². The largest absolute Gasteiger partial charge is 0.391 e. The first kappa shape index (κ1) is 12.9. The number of β-amino-alcohol motifs (C(OH)–C–C–N with tert-alkyl or cyclic N) is 1. The lowest BCUT2D eigenvalue weighted by atomic mass is 9.95. The van der Waals surface area contributed by atoms with Crippen molar-refractivity contribution in [3.8, 4) is 6.07 Å². The summed E-state index contributed by atoms with van der Waals surface area (Å²) in [5.74, 6) is 0.329. The predicted molar refractivity (Wildman–Crippen MR) is 78.5 cm³/mol. The number of nitriles is 1. The maximum absolute atomic E-state index is 10.1. The fraction of sp³-hybridized carbons (Fsp3) is 0.375. The molecule has 0 saturated carbocycles. The third kappa shape index (κ3) is 2.21. The smallest absolute Gasteiger partial charge is 0.143 e. The topological polar surface area (TPSA) is 60.2 Å². The molecule has 3 rings (SSSR count). The summed E-state index contributed by atoms with van der Waals surface area (Å²) in [4.78, 5) is 6.50. The van der Waals surface area contributed by atoms with Crippen molar-refractivity contribution in [3.05, 3.63) is 36.0 Å². The number of hydrogen-bond acceptors (Lipinski definition) is 4. The molecule has 1 saturated heterocycles. The summed E-state index contributed by atoms with van der Waals surface area (Å²) >= 11 is 0. The molecule has 1 fully saturated rings. The summed E-state index contributed by atoms with van der Waals surface area (Å²) in [6.07, 6.45) is 0.640. The van der Waals surface area contributed by atoms with Crippen LogP contribution in [0.2, 0.25) is 0 Å². The fourth-order valence-electron chi connectivity index (χ4n) is 2.74. The number of aliphatic hydroxyl groups excluding tert-OH is 1. The van der Waals surface area contributed by atoms with E-state index in [1.807, 2.05) is 30.3 Å². The maximum atomic E-state index is 10.1. The van der Waals surface area contributed by atoms with Gasteiger partial charge in [-0.05, 0) is 24.5 Å². The van der Waals surface area contributed by atoms with Gasteiger partial charge in [0, 0.05) is 24.2 Å². The third-order valence-electron chi connectivity index (χ3n) is 4.07. The number of fused-ring (bicyclic) bond motifs is 1. The number of nitrogens with zero attached hydrogens (tertiary/aromatic N) is 3. The summed E-state index contributed by atoms with van der Waals surface area (Å²) in [7, 11) is 0. The van der Waals surface area contributed by atoms with Crippen LogP contribution < -0.4 is 4.90 Å². The summed E-state index contributed by atoms with van der Waals surface area (Å²) in [6.45, 7) is 3.59. The highest BCUT2D eigenvalue weighted by Gasteiger charge is 2.25. The van der Waals surface area contributed by atoms with Gasteiger partial charge in [-0.15, -0.1) is 0 Å². The first-order valence-electron chi connectivity index (χ1n) is 6.92. The Morgan fingerprint density at radius 3 is 2.95 bits per heavy atom. The molecule has 1 N–H and O–H groups in total.